The highest BCUT2D eigenvalue weighted by molar-refractivity contribution is 5.15. The van der Waals surface area contributed by atoms with Crippen molar-refractivity contribution in [2.75, 3.05) is 6.54 Å². The summed E-state index contributed by atoms with van der Waals surface area (Å²) in [5, 5.41) is 3.31. The normalized spacial score (nSPS) is 13.1. The predicted octanol–water partition coefficient (Wildman–Crippen LogP) is 2.80. The Bertz CT molecular complexity index is 518. The van der Waals surface area contributed by atoms with Crippen LogP contribution in [-0.2, 0) is 6.54 Å². The largest absolute Gasteiger partial charge is 0.346 e. The number of alkyl halides is 2. The Hall–Kier alpha value is -1.69. The summed E-state index contributed by atoms with van der Waals surface area (Å²) < 4.78 is 28.2. The van der Waals surface area contributed by atoms with Gasteiger partial charge in [0.2, 0.25) is 0 Å². The fraction of sp³-hybridized carbons (Fsp3) is 0.462. The molecule has 0 aromatic carbocycles. The number of hydrogen-bond donors (Lipinski definition) is 1. The van der Waals surface area contributed by atoms with Crippen LogP contribution in [0.25, 0.3) is 0 Å². The monoisotopic (exact) mass is 268 g/mol. The zero-order valence-corrected chi connectivity index (χ0v) is 11.1. The van der Waals surface area contributed by atoms with Gasteiger partial charge < -0.3 is 9.88 Å². The third-order valence-electron chi connectivity index (χ3n) is 3.07. The Morgan fingerprint density at radius 1 is 1.37 bits per heavy atom. The molecule has 0 saturated heterocycles. The number of imidazole rings is 1. The molecule has 0 radical (unpaired) electrons. The molecular formula is C13H18F2N4. The van der Waals surface area contributed by atoms with Gasteiger partial charge in [0.15, 0.2) is 0 Å². The fourth-order valence-corrected chi connectivity index (χ4v) is 2.05. The molecule has 0 spiro atoms. The molecule has 0 aliphatic rings. The molecule has 2 aromatic rings. The maximum Gasteiger partial charge on any atom is 0.319 e. The first-order valence-electron chi connectivity index (χ1n) is 6.30. The van der Waals surface area contributed by atoms with Crippen molar-refractivity contribution in [3.63, 3.8) is 0 Å². The minimum absolute atomic E-state index is 0.251. The zero-order chi connectivity index (χ0) is 13.8. The third kappa shape index (κ3) is 3.20. The number of hydrogen-bond acceptors (Lipinski definition) is 2. The number of nitrogens with one attached hydrogen (secondary N) is 1. The van der Waals surface area contributed by atoms with Crippen LogP contribution in [0.2, 0.25) is 0 Å². The van der Waals surface area contributed by atoms with E-state index in [0.717, 1.165) is 16.7 Å². The van der Waals surface area contributed by atoms with Gasteiger partial charge >= 0.3 is 6.55 Å². The second-order valence-electron chi connectivity index (χ2n) is 4.42. The van der Waals surface area contributed by atoms with E-state index >= 15 is 0 Å². The van der Waals surface area contributed by atoms with E-state index in [-0.39, 0.29) is 6.04 Å². The van der Waals surface area contributed by atoms with Gasteiger partial charge in [-0.05, 0) is 25.1 Å². The van der Waals surface area contributed by atoms with Gasteiger partial charge in [-0.3, -0.25) is 4.57 Å². The summed E-state index contributed by atoms with van der Waals surface area (Å²) in [7, 11) is 0. The van der Waals surface area contributed by atoms with Crippen LogP contribution >= 0.6 is 0 Å². The summed E-state index contributed by atoms with van der Waals surface area (Å²) >= 11 is 0. The second kappa shape index (κ2) is 5.97. The van der Waals surface area contributed by atoms with Crippen molar-refractivity contribution in [3.05, 3.63) is 42.2 Å². The van der Waals surface area contributed by atoms with Gasteiger partial charge in [0.25, 0.3) is 0 Å². The van der Waals surface area contributed by atoms with E-state index in [1.165, 1.54) is 12.4 Å². The minimum Gasteiger partial charge on any atom is -0.346 e. The average Bonchev–Trinajstić information content (AvgIpc) is 2.99. The van der Waals surface area contributed by atoms with Gasteiger partial charge in [-0.1, -0.05) is 6.92 Å². The second-order valence-corrected chi connectivity index (χ2v) is 4.42. The summed E-state index contributed by atoms with van der Waals surface area (Å²) in [4.78, 5) is 3.97. The zero-order valence-electron chi connectivity index (χ0n) is 11.1. The van der Waals surface area contributed by atoms with Crippen molar-refractivity contribution < 1.29 is 8.78 Å². The lowest BCUT2D eigenvalue weighted by Crippen LogP contribution is -2.17. The van der Waals surface area contributed by atoms with Crippen LogP contribution in [0.3, 0.4) is 0 Å². The van der Waals surface area contributed by atoms with Crippen LogP contribution in [0.15, 0.2) is 30.9 Å². The lowest BCUT2D eigenvalue weighted by atomic mass is 10.2. The lowest BCUT2D eigenvalue weighted by molar-refractivity contribution is 0.0667. The van der Waals surface area contributed by atoms with E-state index in [0.29, 0.717) is 12.4 Å². The summed E-state index contributed by atoms with van der Waals surface area (Å²) in [5.74, 6) is 0.355. The van der Waals surface area contributed by atoms with E-state index in [2.05, 4.69) is 17.2 Å². The van der Waals surface area contributed by atoms with E-state index in [1.54, 1.807) is 0 Å². The highest BCUT2D eigenvalue weighted by Gasteiger charge is 2.12. The highest BCUT2D eigenvalue weighted by atomic mass is 19.3. The number of nitrogens with zero attached hydrogens (tertiary/aromatic N) is 3. The molecule has 0 aliphatic heterocycles. The van der Waals surface area contributed by atoms with Crippen molar-refractivity contribution in [1.29, 1.82) is 0 Å². The van der Waals surface area contributed by atoms with Crippen LogP contribution < -0.4 is 5.32 Å². The van der Waals surface area contributed by atoms with Crippen molar-refractivity contribution in [2.45, 2.75) is 33.0 Å². The molecule has 1 atom stereocenters. The molecule has 0 aliphatic carbocycles. The number of aromatic nitrogens is 3. The minimum atomic E-state index is -2.55. The van der Waals surface area contributed by atoms with Crippen LogP contribution in [0.1, 0.15) is 37.8 Å². The van der Waals surface area contributed by atoms with Crippen molar-refractivity contribution in [1.82, 2.24) is 19.4 Å². The maximum absolute atomic E-state index is 12.7. The number of halogens is 2. The van der Waals surface area contributed by atoms with Gasteiger partial charge in [0.05, 0.1) is 6.54 Å². The Morgan fingerprint density at radius 3 is 2.84 bits per heavy atom. The Balaban J connectivity index is 2.09. The Labute approximate surface area is 111 Å². The fourth-order valence-electron chi connectivity index (χ4n) is 2.05. The van der Waals surface area contributed by atoms with Gasteiger partial charge in [0.1, 0.15) is 5.82 Å². The molecule has 0 saturated carbocycles. The van der Waals surface area contributed by atoms with Crippen LogP contribution in [0, 0.1) is 0 Å². The molecular weight excluding hydrogens is 250 g/mol. The molecule has 2 aromatic heterocycles. The van der Waals surface area contributed by atoms with E-state index in [1.807, 2.05) is 30.0 Å². The Morgan fingerprint density at radius 2 is 2.16 bits per heavy atom. The topological polar surface area (TPSA) is 34.8 Å². The average molecular weight is 268 g/mol. The molecule has 104 valence electrons. The van der Waals surface area contributed by atoms with Crippen LogP contribution in [0.5, 0.6) is 0 Å². The van der Waals surface area contributed by atoms with Gasteiger partial charge in [0, 0.05) is 30.8 Å². The van der Waals surface area contributed by atoms with E-state index < -0.39 is 6.55 Å². The first-order chi connectivity index (χ1) is 9.11. The molecule has 2 rings (SSSR count). The molecule has 2 heterocycles. The molecule has 19 heavy (non-hydrogen) atoms. The summed E-state index contributed by atoms with van der Waals surface area (Å²) in [6.45, 7) is 2.81. The molecule has 1 unspecified atom stereocenters. The van der Waals surface area contributed by atoms with E-state index in [4.69, 9.17) is 0 Å². The molecule has 0 fully saturated rings. The standard InChI is InChI=1S/C13H18F2N4/c1-3-16-10(2)11-4-6-18(8-11)9-12-17-5-7-19(12)13(14)15/h4-8,10,13,16H,3,9H2,1-2H3. The van der Waals surface area contributed by atoms with Gasteiger partial charge in [-0.25, -0.2) is 4.98 Å². The first-order valence-corrected chi connectivity index (χ1v) is 6.30. The van der Waals surface area contributed by atoms with Gasteiger partial charge in [-0.15, -0.1) is 0 Å². The van der Waals surface area contributed by atoms with Crippen molar-refractivity contribution in [3.8, 4) is 0 Å². The summed E-state index contributed by atoms with van der Waals surface area (Å²) in [5.41, 5.74) is 1.14. The third-order valence-corrected chi connectivity index (χ3v) is 3.07. The highest BCUT2D eigenvalue weighted by Crippen LogP contribution is 2.16. The molecule has 1 N–H and O–H groups in total. The maximum atomic E-state index is 12.7. The number of rotatable bonds is 6. The van der Waals surface area contributed by atoms with E-state index in [9.17, 15) is 8.78 Å². The smallest absolute Gasteiger partial charge is 0.319 e. The van der Waals surface area contributed by atoms with Crippen LogP contribution in [0.4, 0.5) is 8.78 Å². The Kier molecular flexibility index (Phi) is 4.31. The molecule has 4 nitrogen and oxygen atoms in total. The van der Waals surface area contributed by atoms with Gasteiger partial charge in [-0.2, -0.15) is 8.78 Å². The van der Waals surface area contributed by atoms with Crippen molar-refractivity contribution in [2.24, 2.45) is 0 Å². The predicted molar refractivity (Wildman–Crippen MR) is 69.1 cm³/mol. The van der Waals surface area contributed by atoms with Crippen LogP contribution in [-0.4, -0.2) is 20.7 Å². The molecule has 0 amide bonds. The lowest BCUT2D eigenvalue weighted by Gasteiger charge is -2.10. The molecule has 6 heteroatoms. The van der Waals surface area contributed by atoms with Crippen molar-refractivity contribution >= 4 is 0 Å². The quantitative estimate of drug-likeness (QED) is 0.874. The SMILES string of the molecule is CCNC(C)c1ccn(Cc2nccn2C(F)F)c1. The summed E-state index contributed by atoms with van der Waals surface area (Å²) in [6.07, 6.45) is 6.53. The molecule has 0 bridgehead atoms. The first kappa shape index (κ1) is 13.7. The summed E-state index contributed by atoms with van der Waals surface area (Å²) in [6, 6.07) is 2.24.